The van der Waals surface area contributed by atoms with Crippen LogP contribution in [0.5, 0.6) is 0 Å². The van der Waals surface area contributed by atoms with Crippen molar-refractivity contribution in [2.75, 3.05) is 0 Å². The number of hydrogen-bond donors (Lipinski definition) is 0. The fourth-order valence-electron chi connectivity index (χ4n) is 3.92. The maximum absolute atomic E-state index is 13.5. The fraction of sp³-hybridized carbons (Fsp3) is 0.125. The van der Waals surface area contributed by atoms with E-state index >= 15 is 0 Å². The molecule has 3 aromatic carbocycles. The van der Waals surface area contributed by atoms with Crippen LogP contribution in [0.1, 0.15) is 11.4 Å². The molecule has 0 bridgehead atoms. The molecule has 5 rings (SSSR count). The number of fused-ring (bicyclic) bond motifs is 4. The van der Waals surface area contributed by atoms with Gasteiger partial charge in [-0.05, 0) is 29.0 Å². The smallest absolute Gasteiger partial charge is 0.449 e. The maximum atomic E-state index is 13.5. The fourth-order valence-corrected chi connectivity index (χ4v) is 3.92. The van der Waals surface area contributed by atoms with E-state index in [9.17, 15) is 22.8 Å². The van der Waals surface area contributed by atoms with Crippen molar-refractivity contribution in [2.24, 2.45) is 0 Å². The molecule has 0 atom stereocenters. The van der Waals surface area contributed by atoms with Gasteiger partial charge in [0.2, 0.25) is 5.82 Å². The minimum atomic E-state index is -4.74. The Kier molecular flexibility index (Phi) is 4.88. The van der Waals surface area contributed by atoms with Crippen molar-refractivity contribution in [3.05, 3.63) is 88.5 Å². The van der Waals surface area contributed by atoms with Crippen molar-refractivity contribution in [3.8, 4) is 0 Å². The molecule has 33 heavy (non-hydrogen) atoms. The molecule has 2 heterocycles. The van der Waals surface area contributed by atoms with Gasteiger partial charge in [-0.1, -0.05) is 42.5 Å². The SMILES string of the molecule is O=C(Cn1c(C(F)(F)F)nc2ccccc21)OCc1cc(=O)oc2ccc3ccccc3c12. The second kappa shape index (κ2) is 7.77. The molecule has 0 spiro atoms. The lowest BCUT2D eigenvalue weighted by Crippen LogP contribution is -2.20. The monoisotopic (exact) mass is 452 g/mol. The molecule has 5 aromatic rings. The van der Waals surface area contributed by atoms with E-state index in [2.05, 4.69) is 4.98 Å². The molecular weight excluding hydrogens is 437 g/mol. The van der Waals surface area contributed by atoms with Crippen molar-refractivity contribution in [1.29, 1.82) is 0 Å². The Bertz CT molecular complexity index is 1580. The second-order valence-corrected chi connectivity index (χ2v) is 7.42. The van der Waals surface area contributed by atoms with Crippen molar-refractivity contribution >= 4 is 38.7 Å². The highest BCUT2D eigenvalue weighted by atomic mass is 19.4. The number of nitrogens with zero attached hydrogens (tertiary/aromatic N) is 2. The Hall–Kier alpha value is -4.14. The summed E-state index contributed by atoms with van der Waals surface area (Å²) in [5, 5.41) is 2.29. The van der Waals surface area contributed by atoms with Crippen molar-refractivity contribution in [3.63, 3.8) is 0 Å². The van der Waals surface area contributed by atoms with Gasteiger partial charge >= 0.3 is 17.8 Å². The largest absolute Gasteiger partial charge is 0.459 e. The Labute approximate surface area is 183 Å². The minimum Gasteiger partial charge on any atom is -0.459 e. The van der Waals surface area contributed by atoms with Gasteiger partial charge in [-0.2, -0.15) is 13.2 Å². The first-order valence-corrected chi connectivity index (χ1v) is 9.94. The topological polar surface area (TPSA) is 74.3 Å². The molecular formula is C24H15F3N2O4. The number of para-hydroxylation sites is 2. The van der Waals surface area contributed by atoms with Crippen molar-refractivity contribution in [2.45, 2.75) is 19.3 Å². The van der Waals surface area contributed by atoms with E-state index in [1.807, 2.05) is 24.3 Å². The minimum absolute atomic E-state index is 0.121. The second-order valence-electron chi connectivity index (χ2n) is 7.42. The number of aromatic nitrogens is 2. The molecule has 9 heteroatoms. The van der Waals surface area contributed by atoms with E-state index in [1.54, 1.807) is 24.3 Å². The van der Waals surface area contributed by atoms with Gasteiger partial charge in [0, 0.05) is 17.0 Å². The Morgan fingerprint density at radius 3 is 2.61 bits per heavy atom. The average Bonchev–Trinajstić information content (AvgIpc) is 3.16. The predicted octanol–water partition coefficient (Wildman–Crippen LogP) is 5.06. The summed E-state index contributed by atoms with van der Waals surface area (Å²) < 4.78 is 51.8. The summed E-state index contributed by atoms with van der Waals surface area (Å²) in [6.07, 6.45) is -4.74. The van der Waals surface area contributed by atoms with E-state index in [0.29, 0.717) is 16.5 Å². The number of carbonyl (C=O) groups excluding carboxylic acids is 1. The summed E-state index contributed by atoms with van der Waals surface area (Å²) in [7, 11) is 0. The molecule has 0 radical (unpaired) electrons. The van der Waals surface area contributed by atoms with Crippen LogP contribution < -0.4 is 5.63 Å². The third kappa shape index (κ3) is 3.82. The van der Waals surface area contributed by atoms with Crippen LogP contribution in [0.4, 0.5) is 13.2 Å². The van der Waals surface area contributed by atoms with E-state index < -0.39 is 30.1 Å². The van der Waals surface area contributed by atoms with Crippen LogP contribution in [0.2, 0.25) is 0 Å². The van der Waals surface area contributed by atoms with E-state index in [4.69, 9.17) is 9.15 Å². The summed E-state index contributed by atoms with van der Waals surface area (Å²) in [4.78, 5) is 28.2. The molecule has 0 aliphatic rings. The number of hydrogen-bond acceptors (Lipinski definition) is 5. The Morgan fingerprint density at radius 2 is 1.79 bits per heavy atom. The van der Waals surface area contributed by atoms with Gasteiger partial charge in [-0.3, -0.25) is 4.79 Å². The lowest BCUT2D eigenvalue weighted by molar-refractivity contribution is -0.151. The van der Waals surface area contributed by atoms with E-state index in [1.165, 1.54) is 18.2 Å². The highest BCUT2D eigenvalue weighted by molar-refractivity contribution is 6.07. The zero-order valence-corrected chi connectivity index (χ0v) is 16.9. The molecule has 6 nitrogen and oxygen atoms in total. The van der Waals surface area contributed by atoms with E-state index in [-0.39, 0.29) is 17.6 Å². The van der Waals surface area contributed by atoms with Crippen molar-refractivity contribution < 1.29 is 27.1 Å². The molecule has 166 valence electrons. The quantitative estimate of drug-likeness (QED) is 0.217. The molecule has 0 amide bonds. The van der Waals surface area contributed by atoms with Gasteiger partial charge in [0.05, 0.1) is 11.0 Å². The zero-order chi connectivity index (χ0) is 23.2. The van der Waals surface area contributed by atoms with Crippen LogP contribution >= 0.6 is 0 Å². The lowest BCUT2D eigenvalue weighted by Gasteiger charge is -2.12. The number of imidazole rings is 1. The first-order valence-electron chi connectivity index (χ1n) is 9.94. The Morgan fingerprint density at radius 1 is 1.03 bits per heavy atom. The number of ether oxygens (including phenoxy) is 1. The van der Waals surface area contributed by atoms with Gasteiger partial charge < -0.3 is 13.7 Å². The zero-order valence-electron chi connectivity index (χ0n) is 16.9. The average molecular weight is 452 g/mol. The van der Waals surface area contributed by atoms with Gasteiger partial charge in [-0.15, -0.1) is 0 Å². The number of alkyl halides is 3. The summed E-state index contributed by atoms with van der Waals surface area (Å²) >= 11 is 0. The molecule has 0 fully saturated rings. The molecule has 0 aliphatic heterocycles. The van der Waals surface area contributed by atoms with Crippen LogP contribution in [0, 0.1) is 0 Å². The summed E-state index contributed by atoms with van der Waals surface area (Å²) in [6.45, 7) is -0.988. The lowest BCUT2D eigenvalue weighted by atomic mass is 10.0. The van der Waals surface area contributed by atoms with Crippen LogP contribution in [0.25, 0.3) is 32.8 Å². The number of halogens is 3. The normalized spacial score (nSPS) is 12.0. The van der Waals surface area contributed by atoms with Crippen LogP contribution in [-0.2, 0) is 28.9 Å². The van der Waals surface area contributed by atoms with Gasteiger partial charge in [0.1, 0.15) is 18.7 Å². The third-order valence-electron chi connectivity index (χ3n) is 5.30. The number of benzene rings is 3. The van der Waals surface area contributed by atoms with Gasteiger partial charge in [0.25, 0.3) is 0 Å². The van der Waals surface area contributed by atoms with Crippen molar-refractivity contribution in [1.82, 2.24) is 9.55 Å². The van der Waals surface area contributed by atoms with Gasteiger partial charge in [0.15, 0.2) is 0 Å². The van der Waals surface area contributed by atoms with Crippen LogP contribution in [0.15, 0.2) is 75.9 Å². The highest BCUT2D eigenvalue weighted by Gasteiger charge is 2.38. The molecule has 0 saturated carbocycles. The molecule has 0 saturated heterocycles. The summed E-state index contributed by atoms with van der Waals surface area (Å²) in [6, 6.07) is 18.1. The number of carbonyl (C=O) groups is 1. The molecule has 0 N–H and O–H groups in total. The first kappa shape index (κ1) is 20.7. The van der Waals surface area contributed by atoms with Crippen LogP contribution in [-0.4, -0.2) is 15.5 Å². The van der Waals surface area contributed by atoms with E-state index in [0.717, 1.165) is 15.3 Å². The Balaban J connectivity index is 1.47. The maximum Gasteiger partial charge on any atom is 0.449 e. The molecule has 0 aliphatic carbocycles. The molecule has 0 unspecified atom stereocenters. The number of rotatable bonds is 4. The highest BCUT2D eigenvalue weighted by Crippen LogP contribution is 2.32. The standard InChI is InChI=1S/C24H15F3N2O4/c25-24(26,27)23-28-17-7-3-4-8-18(17)29(23)12-21(31)32-13-15-11-20(30)33-19-10-9-14-5-1-2-6-16(14)22(15)19/h1-11H,12-13H2. The van der Waals surface area contributed by atoms with Gasteiger partial charge in [-0.25, -0.2) is 9.78 Å². The summed E-state index contributed by atoms with van der Waals surface area (Å²) in [5.41, 5.74) is 0.392. The number of esters is 1. The molecule has 2 aromatic heterocycles. The van der Waals surface area contributed by atoms with Crippen LogP contribution in [0.3, 0.4) is 0 Å². The first-order chi connectivity index (χ1) is 15.8. The predicted molar refractivity (Wildman–Crippen MR) is 115 cm³/mol. The summed E-state index contributed by atoms with van der Waals surface area (Å²) in [5.74, 6) is -2.08. The third-order valence-corrected chi connectivity index (χ3v) is 5.30.